The van der Waals surface area contributed by atoms with E-state index in [1.54, 1.807) is 4.90 Å². The summed E-state index contributed by atoms with van der Waals surface area (Å²) in [6.45, 7) is 4.66. The highest BCUT2D eigenvalue weighted by Gasteiger charge is 2.59. The molecule has 5 rings (SSSR count). The average Bonchev–Trinajstić information content (AvgIpc) is 3.75. The molecule has 204 valence electrons. The maximum Gasteiger partial charge on any atom is 0.410 e. The smallest absolute Gasteiger partial charge is 0.410 e. The maximum absolute atomic E-state index is 13.1. The molecule has 2 saturated carbocycles. The van der Waals surface area contributed by atoms with Gasteiger partial charge in [0.05, 0.1) is 5.60 Å². The zero-order chi connectivity index (χ0) is 26.8. The SMILES string of the molecule is CO[C@]12CC[C@@H](N(C)C(=O)OCc3ccccc3)C[C@]1(c1cccc(OC(C)=O)c1)CCN(CC1CC1)C2. The van der Waals surface area contributed by atoms with E-state index in [0.717, 1.165) is 62.4 Å². The lowest BCUT2D eigenvalue weighted by atomic mass is 9.55. The summed E-state index contributed by atoms with van der Waals surface area (Å²) < 4.78 is 17.7. The number of rotatable bonds is 8. The molecule has 0 radical (unpaired) electrons. The second-order valence-electron chi connectivity index (χ2n) is 11.4. The van der Waals surface area contributed by atoms with Crippen molar-refractivity contribution in [1.29, 1.82) is 0 Å². The van der Waals surface area contributed by atoms with E-state index in [1.807, 2.05) is 62.7 Å². The quantitative estimate of drug-likeness (QED) is 0.353. The van der Waals surface area contributed by atoms with Gasteiger partial charge in [-0.3, -0.25) is 4.79 Å². The van der Waals surface area contributed by atoms with Crippen LogP contribution in [-0.4, -0.2) is 67.3 Å². The van der Waals surface area contributed by atoms with E-state index in [0.29, 0.717) is 5.75 Å². The summed E-state index contributed by atoms with van der Waals surface area (Å²) in [6, 6.07) is 17.7. The zero-order valence-corrected chi connectivity index (χ0v) is 22.9. The molecule has 1 saturated heterocycles. The highest BCUT2D eigenvalue weighted by molar-refractivity contribution is 5.69. The molecule has 0 bridgehead atoms. The molecule has 0 unspecified atom stereocenters. The normalized spacial score (nSPS) is 27.3. The summed E-state index contributed by atoms with van der Waals surface area (Å²) in [5.41, 5.74) is 1.37. The van der Waals surface area contributed by atoms with Crippen molar-refractivity contribution < 1.29 is 23.8 Å². The molecule has 3 aliphatic rings. The van der Waals surface area contributed by atoms with E-state index in [1.165, 1.54) is 19.8 Å². The van der Waals surface area contributed by atoms with E-state index >= 15 is 0 Å². The summed E-state index contributed by atoms with van der Waals surface area (Å²) in [4.78, 5) is 29.2. The average molecular weight is 521 g/mol. The number of nitrogens with zero attached hydrogens (tertiary/aromatic N) is 2. The molecular weight excluding hydrogens is 480 g/mol. The lowest BCUT2D eigenvalue weighted by Crippen LogP contribution is -2.68. The highest BCUT2D eigenvalue weighted by atomic mass is 16.6. The lowest BCUT2D eigenvalue weighted by Gasteiger charge is -2.60. The summed E-state index contributed by atoms with van der Waals surface area (Å²) >= 11 is 0. The maximum atomic E-state index is 13.1. The highest BCUT2D eigenvalue weighted by Crippen LogP contribution is 2.54. The van der Waals surface area contributed by atoms with Crippen molar-refractivity contribution in [2.75, 3.05) is 33.8 Å². The number of carbonyl (C=O) groups is 2. The first-order valence-electron chi connectivity index (χ1n) is 13.8. The Kier molecular flexibility index (Phi) is 7.78. The van der Waals surface area contributed by atoms with Crippen LogP contribution in [0.5, 0.6) is 5.75 Å². The number of amides is 1. The summed E-state index contributed by atoms with van der Waals surface area (Å²) in [6.07, 6.45) is 5.70. The van der Waals surface area contributed by atoms with Gasteiger partial charge in [0.2, 0.25) is 0 Å². The summed E-state index contributed by atoms with van der Waals surface area (Å²) in [5, 5.41) is 0. The van der Waals surface area contributed by atoms with E-state index in [4.69, 9.17) is 14.2 Å². The minimum absolute atomic E-state index is 0.00825. The molecular formula is C31H40N2O5. The lowest BCUT2D eigenvalue weighted by molar-refractivity contribution is -0.154. The van der Waals surface area contributed by atoms with Crippen LogP contribution in [0.15, 0.2) is 54.6 Å². The Labute approximate surface area is 226 Å². The van der Waals surface area contributed by atoms with Crippen molar-refractivity contribution in [1.82, 2.24) is 9.80 Å². The van der Waals surface area contributed by atoms with Crippen molar-refractivity contribution in [3.63, 3.8) is 0 Å². The Morgan fingerprint density at radius 1 is 1.05 bits per heavy atom. The van der Waals surface area contributed by atoms with Crippen LogP contribution in [0.3, 0.4) is 0 Å². The van der Waals surface area contributed by atoms with Gasteiger partial charge in [-0.05, 0) is 74.2 Å². The van der Waals surface area contributed by atoms with E-state index in [2.05, 4.69) is 11.0 Å². The molecule has 2 aromatic carbocycles. The minimum atomic E-state index is -0.389. The number of benzene rings is 2. The van der Waals surface area contributed by atoms with Crippen LogP contribution in [0.2, 0.25) is 0 Å². The molecule has 7 nitrogen and oxygen atoms in total. The van der Waals surface area contributed by atoms with Gasteiger partial charge in [0, 0.05) is 45.6 Å². The van der Waals surface area contributed by atoms with E-state index < -0.39 is 0 Å². The van der Waals surface area contributed by atoms with Crippen molar-refractivity contribution in [3.8, 4) is 5.75 Å². The molecule has 3 atom stereocenters. The number of ether oxygens (including phenoxy) is 3. The number of piperidine rings is 1. The first kappa shape index (κ1) is 26.7. The molecule has 0 aromatic heterocycles. The fraction of sp³-hybridized carbons (Fsp3) is 0.548. The van der Waals surface area contributed by atoms with Gasteiger partial charge in [0.1, 0.15) is 12.4 Å². The monoisotopic (exact) mass is 520 g/mol. The third-order valence-corrected chi connectivity index (χ3v) is 8.96. The van der Waals surface area contributed by atoms with Crippen LogP contribution in [-0.2, 0) is 26.3 Å². The Bertz CT molecular complexity index is 1140. The Balaban J connectivity index is 1.41. The van der Waals surface area contributed by atoms with Gasteiger partial charge >= 0.3 is 12.1 Å². The van der Waals surface area contributed by atoms with Gasteiger partial charge in [-0.25, -0.2) is 4.79 Å². The number of methoxy groups -OCH3 is 1. The van der Waals surface area contributed by atoms with Gasteiger partial charge in [-0.15, -0.1) is 0 Å². The van der Waals surface area contributed by atoms with Crippen LogP contribution in [0.25, 0.3) is 0 Å². The van der Waals surface area contributed by atoms with Gasteiger partial charge in [-0.1, -0.05) is 42.5 Å². The van der Waals surface area contributed by atoms with Crippen molar-refractivity contribution in [3.05, 3.63) is 65.7 Å². The van der Waals surface area contributed by atoms with Gasteiger partial charge in [-0.2, -0.15) is 0 Å². The predicted octanol–water partition coefficient (Wildman–Crippen LogP) is 5.17. The minimum Gasteiger partial charge on any atom is -0.445 e. The Morgan fingerprint density at radius 3 is 2.55 bits per heavy atom. The van der Waals surface area contributed by atoms with Crippen LogP contribution in [0, 0.1) is 5.92 Å². The summed E-state index contributed by atoms with van der Waals surface area (Å²) in [5.74, 6) is 1.03. The van der Waals surface area contributed by atoms with Gasteiger partial charge in [0.25, 0.3) is 0 Å². The molecule has 1 heterocycles. The van der Waals surface area contributed by atoms with Crippen molar-refractivity contribution in [2.24, 2.45) is 5.92 Å². The Hall–Kier alpha value is -2.90. The topological polar surface area (TPSA) is 68.3 Å². The van der Waals surface area contributed by atoms with Crippen molar-refractivity contribution >= 4 is 12.1 Å². The van der Waals surface area contributed by atoms with Crippen LogP contribution < -0.4 is 4.74 Å². The molecule has 2 aromatic rings. The molecule has 0 spiro atoms. The molecule has 38 heavy (non-hydrogen) atoms. The second kappa shape index (κ2) is 11.1. The van der Waals surface area contributed by atoms with E-state index in [9.17, 15) is 9.59 Å². The van der Waals surface area contributed by atoms with E-state index in [-0.39, 0.29) is 35.7 Å². The first-order valence-corrected chi connectivity index (χ1v) is 13.8. The molecule has 1 amide bonds. The molecule has 1 aliphatic heterocycles. The van der Waals surface area contributed by atoms with Crippen LogP contribution in [0.1, 0.15) is 56.6 Å². The second-order valence-corrected chi connectivity index (χ2v) is 11.4. The van der Waals surface area contributed by atoms with Crippen molar-refractivity contribution in [2.45, 2.75) is 69.1 Å². The number of carbonyl (C=O) groups excluding carboxylic acids is 2. The number of hydrogen-bond acceptors (Lipinski definition) is 6. The molecule has 3 fully saturated rings. The fourth-order valence-electron chi connectivity index (χ4n) is 6.71. The third-order valence-electron chi connectivity index (χ3n) is 8.96. The number of fused-ring (bicyclic) bond motifs is 1. The zero-order valence-electron chi connectivity index (χ0n) is 22.9. The largest absolute Gasteiger partial charge is 0.445 e. The standard InChI is InChI=1S/C31H40N2O5/c1-23(34)38-28-11-7-10-26(18-28)30-16-17-33(20-24-12-13-24)22-31(30,36-3)15-14-27(19-30)32(2)29(35)37-21-25-8-5-4-6-9-25/h4-11,18,24,27H,12-17,19-22H2,1-3H3/t27-,30+,31+/m1/s1. The van der Waals surface area contributed by atoms with Crippen LogP contribution in [0.4, 0.5) is 4.79 Å². The van der Waals surface area contributed by atoms with Gasteiger partial charge < -0.3 is 24.0 Å². The first-order chi connectivity index (χ1) is 18.3. The predicted molar refractivity (Wildman–Crippen MR) is 145 cm³/mol. The molecule has 2 aliphatic carbocycles. The fourth-order valence-corrected chi connectivity index (χ4v) is 6.71. The summed E-state index contributed by atoms with van der Waals surface area (Å²) in [7, 11) is 3.69. The molecule has 0 N–H and O–H groups in total. The van der Waals surface area contributed by atoms with Crippen LogP contribution >= 0.6 is 0 Å². The third kappa shape index (κ3) is 5.45. The molecule has 7 heteroatoms. The Morgan fingerprint density at radius 2 is 1.84 bits per heavy atom. The number of esters is 1. The van der Waals surface area contributed by atoms with Gasteiger partial charge in [0.15, 0.2) is 0 Å². The number of hydrogen-bond donors (Lipinski definition) is 0. The number of likely N-dealkylation sites (tertiary alicyclic amines) is 1.